The number of carbonyl (C=O) groups excluding carboxylic acids is 1. The van der Waals surface area contributed by atoms with Crippen LogP contribution in [0.3, 0.4) is 0 Å². The predicted molar refractivity (Wildman–Crippen MR) is 135 cm³/mol. The molecule has 4 rings (SSSR count). The fourth-order valence-electron chi connectivity index (χ4n) is 3.42. The number of likely N-dealkylation sites (N-methyl/N-ethyl adjacent to an activating group) is 1. The third-order valence-corrected chi connectivity index (χ3v) is 6.10. The molecule has 6 nitrogen and oxygen atoms in total. The van der Waals surface area contributed by atoms with Crippen LogP contribution in [0.5, 0.6) is 0 Å². The van der Waals surface area contributed by atoms with Crippen LogP contribution in [0.25, 0.3) is 0 Å². The van der Waals surface area contributed by atoms with Crippen molar-refractivity contribution in [1.82, 2.24) is 10.6 Å². The van der Waals surface area contributed by atoms with Crippen LogP contribution in [-0.2, 0) is 4.79 Å². The number of hydrogen-bond donors (Lipinski definition) is 2. The number of aliphatic imine (C=N–C) groups is 2. The third kappa shape index (κ3) is 4.81. The molecule has 0 aliphatic carbocycles. The predicted octanol–water partition coefficient (Wildman–Crippen LogP) is 4.87. The molecule has 2 N–H and O–H groups in total. The molecule has 0 radical (unpaired) electrons. The van der Waals surface area contributed by atoms with Gasteiger partial charge in [0.25, 0.3) is 5.91 Å². The zero-order valence-electron chi connectivity index (χ0n) is 16.9. The van der Waals surface area contributed by atoms with E-state index in [1.165, 1.54) is 4.90 Å². The molecule has 2 aliphatic rings. The molecule has 1 unspecified atom stereocenters. The van der Waals surface area contributed by atoms with Crippen LogP contribution < -0.4 is 15.5 Å². The third-order valence-electron chi connectivity index (χ3n) is 5.03. The number of nitrogens with one attached hydrogen (secondary N) is 2. The minimum absolute atomic E-state index is 0.252. The Hall–Kier alpha value is -2.45. The van der Waals surface area contributed by atoms with E-state index in [-0.39, 0.29) is 11.0 Å². The maximum atomic E-state index is 13.3. The van der Waals surface area contributed by atoms with Crippen molar-refractivity contribution in [3.63, 3.8) is 0 Å². The molecule has 0 aromatic heterocycles. The Labute approximate surface area is 206 Å². The molecule has 0 fully saturated rings. The Kier molecular flexibility index (Phi) is 6.81. The Bertz CT molecular complexity index is 1190. The van der Waals surface area contributed by atoms with Crippen LogP contribution in [0, 0.1) is 0 Å². The molecule has 0 saturated carbocycles. The number of allylic oxidation sites excluding steroid dienone is 1. The number of thiocarbonyl (C=S) groups is 1. The lowest BCUT2D eigenvalue weighted by atomic mass is 10.00. The average Bonchev–Trinajstić information content (AvgIpc) is 2.86. The summed E-state index contributed by atoms with van der Waals surface area (Å²) in [6.45, 7) is 0. The topological polar surface area (TPSA) is 69.1 Å². The largest absolute Gasteiger partial charge is 0.335 e. The molecule has 1 amide bonds. The van der Waals surface area contributed by atoms with E-state index in [9.17, 15) is 4.79 Å². The fraction of sp³-hybridized carbons (Fsp3) is 0.182. The smallest absolute Gasteiger partial charge is 0.272 e. The van der Waals surface area contributed by atoms with Gasteiger partial charge in [-0.1, -0.05) is 53.0 Å². The molecule has 0 saturated heterocycles. The van der Waals surface area contributed by atoms with Gasteiger partial charge in [0.1, 0.15) is 5.17 Å². The lowest BCUT2D eigenvalue weighted by Crippen LogP contribution is -2.49. The van der Waals surface area contributed by atoms with Crippen LogP contribution in [-0.4, -0.2) is 35.1 Å². The van der Waals surface area contributed by atoms with Crippen LogP contribution in [0.4, 0.5) is 5.69 Å². The van der Waals surface area contributed by atoms with Gasteiger partial charge < -0.3 is 15.5 Å². The van der Waals surface area contributed by atoms with E-state index in [1.807, 2.05) is 18.2 Å². The van der Waals surface area contributed by atoms with Gasteiger partial charge in [-0.2, -0.15) is 0 Å². The van der Waals surface area contributed by atoms with Crippen molar-refractivity contribution < 1.29 is 4.79 Å². The number of halogens is 3. The number of rotatable bonds is 3. The Morgan fingerprint density at radius 3 is 2.62 bits per heavy atom. The van der Waals surface area contributed by atoms with Gasteiger partial charge in [-0.15, -0.1) is 0 Å². The summed E-state index contributed by atoms with van der Waals surface area (Å²) >= 11 is 24.1. The second-order valence-corrected chi connectivity index (χ2v) is 8.87. The van der Waals surface area contributed by atoms with Crippen LogP contribution in [0.1, 0.15) is 24.0 Å². The van der Waals surface area contributed by atoms with E-state index in [4.69, 9.17) is 52.0 Å². The van der Waals surface area contributed by atoms with Crippen molar-refractivity contribution in [2.75, 3.05) is 11.9 Å². The number of hydrogen-bond acceptors (Lipinski definition) is 4. The number of benzodiazepines with no additional fused rings is 1. The highest BCUT2D eigenvalue weighted by atomic mass is 35.5. The maximum Gasteiger partial charge on any atom is 0.272 e. The molecule has 2 aromatic carbocycles. The number of nitrogens with zero attached hydrogens (tertiary/aromatic N) is 3. The van der Waals surface area contributed by atoms with Gasteiger partial charge in [0.15, 0.2) is 5.11 Å². The first-order chi connectivity index (χ1) is 15.3. The molecule has 2 aliphatic heterocycles. The second kappa shape index (κ2) is 9.58. The first-order valence-electron chi connectivity index (χ1n) is 9.72. The summed E-state index contributed by atoms with van der Waals surface area (Å²) in [4.78, 5) is 23.6. The van der Waals surface area contributed by atoms with Crippen molar-refractivity contribution in [3.05, 3.63) is 75.5 Å². The average molecular weight is 507 g/mol. The summed E-state index contributed by atoms with van der Waals surface area (Å²) in [5, 5.41) is 7.91. The summed E-state index contributed by atoms with van der Waals surface area (Å²) in [5.74, 6) is -0.279. The first-order valence-corrected chi connectivity index (χ1v) is 11.3. The summed E-state index contributed by atoms with van der Waals surface area (Å²) in [6.07, 6.45) is 1.94. The number of fused-ring (bicyclic) bond motifs is 1. The van der Waals surface area contributed by atoms with Crippen molar-refractivity contribution >= 4 is 74.6 Å². The summed E-state index contributed by atoms with van der Waals surface area (Å²) in [7, 11) is 1.69. The van der Waals surface area contributed by atoms with Crippen molar-refractivity contribution in [2.24, 2.45) is 9.98 Å². The number of anilines is 1. The van der Waals surface area contributed by atoms with Crippen LogP contribution >= 0.6 is 47.0 Å². The molecule has 0 spiro atoms. The summed E-state index contributed by atoms with van der Waals surface area (Å²) < 4.78 is 0. The van der Waals surface area contributed by atoms with Crippen molar-refractivity contribution in [2.45, 2.75) is 19.0 Å². The highest BCUT2D eigenvalue weighted by Crippen LogP contribution is 2.31. The highest BCUT2D eigenvalue weighted by molar-refractivity contribution is 7.80. The zero-order chi connectivity index (χ0) is 22.8. The second-order valence-electron chi connectivity index (χ2n) is 7.18. The fourth-order valence-corrected chi connectivity index (χ4v) is 4.21. The van der Waals surface area contributed by atoms with E-state index in [2.05, 4.69) is 15.6 Å². The molecular weight excluding hydrogens is 489 g/mol. The lowest BCUT2D eigenvalue weighted by Gasteiger charge is -2.22. The van der Waals surface area contributed by atoms with E-state index in [1.54, 1.807) is 37.5 Å². The summed E-state index contributed by atoms with van der Waals surface area (Å²) in [6, 6.07) is 12.6. The molecule has 164 valence electrons. The van der Waals surface area contributed by atoms with Gasteiger partial charge >= 0.3 is 0 Å². The molecule has 2 aromatic rings. The minimum Gasteiger partial charge on any atom is -0.335 e. The van der Waals surface area contributed by atoms with Crippen LogP contribution in [0.2, 0.25) is 10.0 Å². The van der Waals surface area contributed by atoms with Crippen LogP contribution in [0.15, 0.2) is 64.3 Å². The number of carbonyl (C=O) groups is 1. The molecule has 10 heteroatoms. The Balaban J connectivity index is 1.72. The molecule has 1 atom stereocenters. The quantitative estimate of drug-likeness (QED) is 0.583. The molecule has 2 heterocycles. The lowest BCUT2D eigenvalue weighted by molar-refractivity contribution is -0.119. The standard InChI is InChI=1S/C22H18Cl3N5OS/c1-30-17-8-6-12(23)10-15(17)19(14-4-2-3-5-16(14)24)28-20(21(30)31)29-22(32)27-13-7-9-18(25)26-11-13/h2-6,8,10-11,20H,7,9H2,1H3,(H2,27,29,32). The monoisotopic (exact) mass is 505 g/mol. The zero-order valence-corrected chi connectivity index (χ0v) is 20.0. The van der Waals surface area contributed by atoms with Crippen molar-refractivity contribution in [3.8, 4) is 0 Å². The van der Waals surface area contributed by atoms with E-state index in [0.717, 1.165) is 5.70 Å². The Morgan fingerprint density at radius 2 is 1.91 bits per heavy atom. The maximum absolute atomic E-state index is 13.3. The summed E-state index contributed by atoms with van der Waals surface area (Å²) in [5.41, 5.74) is 3.39. The van der Waals surface area contributed by atoms with E-state index in [0.29, 0.717) is 50.6 Å². The molecular formula is C22H18Cl3N5OS. The minimum atomic E-state index is -0.978. The highest BCUT2D eigenvalue weighted by Gasteiger charge is 2.31. The first kappa shape index (κ1) is 22.7. The van der Waals surface area contributed by atoms with Gasteiger partial charge in [0.2, 0.25) is 6.17 Å². The van der Waals surface area contributed by atoms with E-state index < -0.39 is 6.17 Å². The van der Waals surface area contributed by atoms with Gasteiger partial charge in [0.05, 0.1) is 11.4 Å². The normalized spacial score (nSPS) is 18.1. The molecule has 0 bridgehead atoms. The van der Waals surface area contributed by atoms with Gasteiger partial charge in [-0.3, -0.25) is 4.79 Å². The van der Waals surface area contributed by atoms with Gasteiger partial charge in [0, 0.05) is 46.5 Å². The number of benzene rings is 2. The molecule has 32 heavy (non-hydrogen) atoms. The van der Waals surface area contributed by atoms with Gasteiger partial charge in [-0.05, 0) is 42.9 Å². The van der Waals surface area contributed by atoms with Crippen molar-refractivity contribution in [1.29, 1.82) is 0 Å². The van der Waals surface area contributed by atoms with Gasteiger partial charge in [-0.25, -0.2) is 9.98 Å². The van der Waals surface area contributed by atoms with E-state index >= 15 is 0 Å². The SMILES string of the molecule is CN1C(=O)C(NC(=S)NC2=CN=C(Cl)CC2)N=C(c2ccccc2Cl)c2cc(Cl)ccc21. The number of amides is 1. The Morgan fingerprint density at radius 1 is 1.12 bits per heavy atom.